The van der Waals surface area contributed by atoms with E-state index in [2.05, 4.69) is 42.9 Å². The van der Waals surface area contributed by atoms with Crippen LogP contribution in [0.4, 0.5) is 5.69 Å². The van der Waals surface area contributed by atoms with Crippen LogP contribution >= 0.6 is 11.6 Å². The first kappa shape index (κ1) is 24.8. The Bertz CT molecular complexity index is 1250. The highest BCUT2D eigenvalue weighted by Gasteiger charge is 2.19. The summed E-state index contributed by atoms with van der Waals surface area (Å²) in [5.41, 5.74) is 3.63. The van der Waals surface area contributed by atoms with Gasteiger partial charge in [-0.15, -0.1) is 0 Å². The highest BCUT2D eigenvalue weighted by atomic mass is 35.5. The van der Waals surface area contributed by atoms with Gasteiger partial charge in [0.1, 0.15) is 0 Å². The SMILES string of the molecule is Cc1ccc(S(=O)(=O)Nc2ccc(Cl)c(C(=O)N[C@H](C)c3ccc(C(C)(C)C)cc3)c2)cc1. The van der Waals surface area contributed by atoms with E-state index in [1.165, 1.54) is 35.9 Å². The van der Waals surface area contributed by atoms with E-state index in [1.54, 1.807) is 12.1 Å². The van der Waals surface area contributed by atoms with Gasteiger partial charge in [-0.1, -0.05) is 74.3 Å². The van der Waals surface area contributed by atoms with E-state index >= 15 is 0 Å². The van der Waals surface area contributed by atoms with Gasteiger partial charge in [-0.3, -0.25) is 9.52 Å². The smallest absolute Gasteiger partial charge is 0.261 e. The Morgan fingerprint density at radius 3 is 2.12 bits per heavy atom. The summed E-state index contributed by atoms with van der Waals surface area (Å²) >= 11 is 6.26. The van der Waals surface area contributed by atoms with Crippen LogP contribution < -0.4 is 10.0 Å². The summed E-state index contributed by atoms with van der Waals surface area (Å²) in [5, 5.41) is 3.18. The van der Waals surface area contributed by atoms with Crippen LogP contribution in [0.3, 0.4) is 0 Å². The number of amides is 1. The fourth-order valence-corrected chi connectivity index (χ4v) is 4.58. The molecule has 7 heteroatoms. The standard InChI is InChI=1S/C26H29ClN2O3S/c1-17-6-13-22(14-7-17)33(31,32)29-21-12-15-24(27)23(16-21)25(30)28-18(2)19-8-10-20(11-9-19)26(3,4)5/h6-16,18,29H,1-5H3,(H,28,30)/t18-/m1/s1. The molecule has 0 unspecified atom stereocenters. The molecule has 2 N–H and O–H groups in total. The zero-order valence-corrected chi connectivity index (χ0v) is 21.0. The summed E-state index contributed by atoms with van der Waals surface area (Å²) < 4.78 is 27.9. The molecule has 0 aliphatic carbocycles. The number of sulfonamides is 1. The summed E-state index contributed by atoms with van der Waals surface area (Å²) in [7, 11) is -3.79. The Morgan fingerprint density at radius 1 is 0.939 bits per heavy atom. The molecule has 0 bridgehead atoms. The minimum absolute atomic E-state index is 0.0465. The number of halogens is 1. The van der Waals surface area contributed by atoms with Crippen LogP contribution in [-0.4, -0.2) is 14.3 Å². The van der Waals surface area contributed by atoms with Gasteiger partial charge in [0, 0.05) is 5.69 Å². The largest absolute Gasteiger partial charge is 0.345 e. The number of anilines is 1. The number of benzene rings is 3. The fourth-order valence-electron chi connectivity index (χ4n) is 3.32. The predicted molar refractivity (Wildman–Crippen MR) is 134 cm³/mol. The van der Waals surface area contributed by atoms with Gasteiger partial charge >= 0.3 is 0 Å². The summed E-state index contributed by atoms with van der Waals surface area (Å²) in [6.07, 6.45) is 0. The first-order valence-corrected chi connectivity index (χ1v) is 12.5. The summed E-state index contributed by atoms with van der Waals surface area (Å²) in [6, 6.07) is 18.9. The number of hydrogen-bond donors (Lipinski definition) is 2. The molecule has 174 valence electrons. The Kier molecular flexibility index (Phi) is 7.20. The highest BCUT2D eigenvalue weighted by molar-refractivity contribution is 7.92. The van der Waals surface area contributed by atoms with Gasteiger partial charge in [0.2, 0.25) is 0 Å². The van der Waals surface area contributed by atoms with Crippen molar-refractivity contribution in [2.45, 2.75) is 51.0 Å². The van der Waals surface area contributed by atoms with Crippen molar-refractivity contribution < 1.29 is 13.2 Å². The Balaban J connectivity index is 1.77. The van der Waals surface area contributed by atoms with Crippen molar-refractivity contribution in [1.82, 2.24) is 5.32 Å². The lowest BCUT2D eigenvalue weighted by molar-refractivity contribution is 0.0940. The molecule has 0 aliphatic heterocycles. The maximum atomic E-state index is 12.9. The average molecular weight is 485 g/mol. The fraction of sp³-hybridized carbons (Fsp3) is 0.269. The summed E-state index contributed by atoms with van der Waals surface area (Å²) in [5.74, 6) is -0.385. The number of rotatable bonds is 6. The van der Waals surface area contributed by atoms with Gasteiger partial charge in [0.15, 0.2) is 0 Å². The van der Waals surface area contributed by atoms with Crippen molar-refractivity contribution in [2.75, 3.05) is 4.72 Å². The van der Waals surface area contributed by atoms with Gasteiger partial charge < -0.3 is 5.32 Å². The van der Waals surface area contributed by atoms with E-state index < -0.39 is 10.0 Å². The first-order valence-electron chi connectivity index (χ1n) is 10.7. The normalized spacial score (nSPS) is 12.8. The third-order valence-electron chi connectivity index (χ3n) is 5.42. The lowest BCUT2D eigenvalue weighted by Crippen LogP contribution is -2.27. The van der Waals surface area contributed by atoms with Gasteiger partial charge in [-0.25, -0.2) is 8.42 Å². The van der Waals surface area contributed by atoms with Crippen LogP contribution in [0, 0.1) is 6.92 Å². The third-order valence-corrected chi connectivity index (χ3v) is 7.15. The highest BCUT2D eigenvalue weighted by Crippen LogP contribution is 2.26. The van der Waals surface area contributed by atoms with E-state index in [0.29, 0.717) is 0 Å². The van der Waals surface area contributed by atoms with Gasteiger partial charge in [-0.05, 0) is 60.7 Å². The van der Waals surface area contributed by atoms with Crippen molar-refractivity contribution in [3.63, 3.8) is 0 Å². The molecule has 1 amide bonds. The molecule has 0 saturated carbocycles. The minimum Gasteiger partial charge on any atom is -0.345 e. The molecular weight excluding hydrogens is 456 g/mol. The Labute approximate surface area is 201 Å². The molecule has 5 nitrogen and oxygen atoms in total. The molecule has 0 spiro atoms. The molecule has 0 aromatic heterocycles. The minimum atomic E-state index is -3.79. The van der Waals surface area contributed by atoms with Crippen molar-refractivity contribution >= 4 is 33.2 Å². The van der Waals surface area contributed by atoms with Crippen LogP contribution in [0.25, 0.3) is 0 Å². The molecule has 0 heterocycles. The Morgan fingerprint density at radius 2 is 1.55 bits per heavy atom. The lowest BCUT2D eigenvalue weighted by atomic mass is 9.86. The van der Waals surface area contributed by atoms with Crippen LogP contribution in [0.15, 0.2) is 71.6 Å². The molecule has 33 heavy (non-hydrogen) atoms. The Hall–Kier alpha value is -2.83. The molecule has 0 radical (unpaired) electrons. The maximum absolute atomic E-state index is 12.9. The second-order valence-electron chi connectivity index (χ2n) is 9.18. The van der Waals surface area contributed by atoms with Crippen LogP contribution in [-0.2, 0) is 15.4 Å². The topological polar surface area (TPSA) is 75.3 Å². The molecule has 1 atom stereocenters. The summed E-state index contributed by atoms with van der Waals surface area (Å²) in [6.45, 7) is 10.2. The average Bonchev–Trinajstić information content (AvgIpc) is 2.74. The maximum Gasteiger partial charge on any atom is 0.261 e. The van der Waals surface area contributed by atoms with Crippen molar-refractivity contribution in [3.8, 4) is 0 Å². The zero-order chi connectivity index (χ0) is 24.4. The van der Waals surface area contributed by atoms with E-state index in [-0.39, 0.29) is 38.5 Å². The van der Waals surface area contributed by atoms with Crippen LogP contribution in [0.2, 0.25) is 5.02 Å². The number of carbonyl (C=O) groups is 1. The van der Waals surface area contributed by atoms with E-state index in [9.17, 15) is 13.2 Å². The van der Waals surface area contributed by atoms with Crippen LogP contribution in [0.5, 0.6) is 0 Å². The van der Waals surface area contributed by atoms with Gasteiger partial charge in [0.05, 0.1) is 21.5 Å². The zero-order valence-electron chi connectivity index (χ0n) is 19.4. The second-order valence-corrected chi connectivity index (χ2v) is 11.3. The number of nitrogens with one attached hydrogen (secondary N) is 2. The molecule has 3 rings (SSSR count). The molecular formula is C26H29ClN2O3S. The molecule has 3 aromatic rings. The first-order chi connectivity index (χ1) is 15.4. The summed E-state index contributed by atoms with van der Waals surface area (Å²) in [4.78, 5) is 13.1. The monoisotopic (exact) mass is 484 g/mol. The van der Waals surface area contributed by atoms with Gasteiger partial charge in [-0.2, -0.15) is 0 Å². The number of hydrogen-bond acceptors (Lipinski definition) is 3. The van der Waals surface area contributed by atoms with E-state index in [0.717, 1.165) is 11.1 Å². The van der Waals surface area contributed by atoms with Crippen molar-refractivity contribution in [2.24, 2.45) is 0 Å². The predicted octanol–water partition coefficient (Wildman–Crippen LogP) is 6.24. The number of carbonyl (C=O) groups excluding carboxylic acids is 1. The second kappa shape index (κ2) is 9.57. The van der Waals surface area contributed by atoms with Crippen molar-refractivity contribution in [1.29, 1.82) is 0 Å². The third kappa shape index (κ3) is 6.15. The molecule has 0 aliphatic rings. The molecule has 0 saturated heterocycles. The van der Waals surface area contributed by atoms with Crippen molar-refractivity contribution in [3.05, 3.63) is 94.0 Å². The quantitative estimate of drug-likeness (QED) is 0.435. The van der Waals surface area contributed by atoms with Crippen LogP contribution in [0.1, 0.15) is 60.8 Å². The van der Waals surface area contributed by atoms with Gasteiger partial charge in [0.25, 0.3) is 15.9 Å². The van der Waals surface area contributed by atoms with E-state index in [4.69, 9.17) is 11.6 Å². The molecule has 3 aromatic carbocycles. The van der Waals surface area contributed by atoms with E-state index in [1.807, 2.05) is 26.0 Å². The number of aryl methyl sites for hydroxylation is 1. The lowest BCUT2D eigenvalue weighted by Gasteiger charge is -2.21. The molecule has 0 fully saturated rings.